The summed E-state index contributed by atoms with van der Waals surface area (Å²) in [6.07, 6.45) is -2.22. The van der Waals surface area contributed by atoms with E-state index in [1.165, 1.54) is 45.0 Å². The zero-order valence-electron chi connectivity index (χ0n) is 18.0. The van der Waals surface area contributed by atoms with Crippen molar-refractivity contribution in [3.05, 3.63) is 60.7 Å². The van der Waals surface area contributed by atoms with Gasteiger partial charge in [0, 0.05) is 5.69 Å². The van der Waals surface area contributed by atoms with Crippen molar-refractivity contribution < 1.29 is 34.4 Å². The maximum absolute atomic E-state index is 13.5. The number of benzene rings is 1. The van der Waals surface area contributed by atoms with E-state index in [1.807, 2.05) is 0 Å². The number of ether oxygens (including phenoxy) is 1. The van der Waals surface area contributed by atoms with Gasteiger partial charge < -0.3 is 25.8 Å². The molecule has 0 aliphatic heterocycles. The highest BCUT2D eigenvalue weighted by molar-refractivity contribution is 6.23. The van der Waals surface area contributed by atoms with Crippen molar-refractivity contribution in [3.8, 4) is 5.75 Å². The van der Waals surface area contributed by atoms with Crippen LogP contribution in [0.15, 0.2) is 60.7 Å². The van der Waals surface area contributed by atoms with Crippen molar-refractivity contribution >= 4 is 23.0 Å². The van der Waals surface area contributed by atoms with Gasteiger partial charge in [-0.25, -0.2) is 0 Å². The fourth-order valence-electron chi connectivity index (χ4n) is 3.19. The van der Waals surface area contributed by atoms with E-state index in [9.17, 15) is 29.7 Å². The number of Topliss-reactive ketones (excluding diaryl/α,β-unsaturated/α-hetero) is 3. The third-order valence-corrected chi connectivity index (χ3v) is 5.02. The second-order valence-electron chi connectivity index (χ2n) is 7.59. The number of nitrogen functional groups attached to an aromatic ring is 1. The van der Waals surface area contributed by atoms with Gasteiger partial charge in [-0.1, -0.05) is 19.7 Å². The van der Waals surface area contributed by atoms with Crippen LogP contribution in [0.5, 0.6) is 5.75 Å². The SMILES string of the molecule is C=C(C)C(=O)C(O)C(CO)(CO)C(Oc1ccc(N)cc1)(C(=O)C(=C)C)C(=O)C(=C)C. The van der Waals surface area contributed by atoms with Gasteiger partial charge in [0.05, 0.1) is 13.2 Å². The molecule has 1 atom stereocenters. The van der Waals surface area contributed by atoms with Crippen LogP contribution in [0.2, 0.25) is 0 Å². The standard InChI is InChI=1S/C23H29NO7/c1-13(2)18(27)21(30)22(11-25,12-26)23(19(28)14(3)4,20(29)15(5)6)31-17-9-7-16(24)8-10-17/h7-10,21,25-26,30H,1,3,5,11-12,24H2,2,4,6H3. The van der Waals surface area contributed by atoms with Gasteiger partial charge in [0.25, 0.3) is 0 Å². The Balaban J connectivity index is 4.07. The average Bonchev–Trinajstić information content (AvgIpc) is 2.73. The van der Waals surface area contributed by atoms with Crippen LogP contribution in [-0.4, -0.2) is 57.6 Å². The largest absolute Gasteiger partial charge is 0.470 e. The van der Waals surface area contributed by atoms with E-state index in [0.717, 1.165) is 0 Å². The second-order valence-corrected chi connectivity index (χ2v) is 7.59. The Labute approximate surface area is 181 Å². The van der Waals surface area contributed by atoms with E-state index in [1.54, 1.807) is 0 Å². The van der Waals surface area contributed by atoms with Gasteiger partial charge in [-0.15, -0.1) is 0 Å². The quantitative estimate of drug-likeness (QED) is 0.219. The first-order chi connectivity index (χ1) is 14.3. The second kappa shape index (κ2) is 9.82. The molecule has 5 N–H and O–H groups in total. The lowest BCUT2D eigenvalue weighted by atomic mass is 9.61. The summed E-state index contributed by atoms with van der Waals surface area (Å²) >= 11 is 0. The minimum Gasteiger partial charge on any atom is -0.470 e. The Morgan fingerprint density at radius 1 is 0.935 bits per heavy atom. The molecule has 0 aliphatic rings. The van der Waals surface area contributed by atoms with Crippen LogP contribution in [0.25, 0.3) is 0 Å². The van der Waals surface area contributed by atoms with Gasteiger partial charge in [-0.3, -0.25) is 14.4 Å². The Kier molecular flexibility index (Phi) is 8.23. The van der Waals surface area contributed by atoms with Crippen LogP contribution in [0.4, 0.5) is 5.69 Å². The number of nitrogens with two attached hydrogens (primary N) is 1. The summed E-state index contributed by atoms with van der Waals surface area (Å²) in [5.74, 6) is -3.12. The summed E-state index contributed by atoms with van der Waals surface area (Å²) in [6.45, 7) is 12.1. The summed E-state index contributed by atoms with van der Waals surface area (Å²) in [4.78, 5) is 39.6. The predicted molar refractivity (Wildman–Crippen MR) is 116 cm³/mol. The molecule has 0 heterocycles. The fourth-order valence-corrected chi connectivity index (χ4v) is 3.19. The summed E-state index contributed by atoms with van der Waals surface area (Å²) in [5, 5.41) is 31.6. The summed E-state index contributed by atoms with van der Waals surface area (Å²) < 4.78 is 5.86. The van der Waals surface area contributed by atoms with Crippen molar-refractivity contribution in [2.45, 2.75) is 32.5 Å². The first-order valence-electron chi connectivity index (χ1n) is 9.37. The number of rotatable bonds is 12. The number of carbonyl (C=O) groups excluding carboxylic acids is 3. The minimum atomic E-state index is -2.77. The molecule has 0 aromatic heterocycles. The van der Waals surface area contributed by atoms with Gasteiger partial charge in [-0.05, 0) is 61.8 Å². The first kappa shape index (κ1) is 26.0. The molecule has 1 unspecified atom stereocenters. The molecule has 0 aliphatic carbocycles. The van der Waals surface area contributed by atoms with Crippen LogP contribution >= 0.6 is 0 Å². The Bertz CT molecular complexity index is 884. The molecule has 0 amide bonds. The molecule has 1 aromatic rings. The van der Waals surface area contributed by atoms with E-state index in [-0.39, 0.29) is 22.5 Å². The fraction of sp³-hybridized carbons (Fsp3) is 0.348. The van der Waals surface area contributed by atoms with Crippen LogP contribution in [0.1, 0.15) is 20.8 Å². The molecule has 0 bridgehead atoms. The number of hydrogen-bond donors (Lipinski definition) is 4. The number of hydrogen-bond acceptors (Lipinski definition) is 8. The highest BCUT2D eigenvalue weighted by Crippen LogP contribution is 2.43. The molecule has 0 saturated carbocycles. The number of anilines is 1. The molecule has 31 heavy (non-hydrogen) atoms. The average molecular weight is 431 g/mol. The lowest BCUT2D eigenvalue weighted by Gasteiger charge is -2.48. The lowest BCUT2D eigenvalue weighted by Crippen LogP contribution is -2.71. The Hall–Kier alpha value is -3.07. The molecule has 0 radical (unpaired) electrons. The third-order valence-electron chi connectivity index (χ3n) is 5.02. The third kappa shape index (κ3) is 4.51. The molecule has 168 valence electrons. The van der Waals surface area contributed by atoms with Gasteiger partial charge in [-0.2, -0.15) is 0 Å². The van der Waals surface area contributed by atoms with E-state index in [4.69, 9.17) is 10.5 Å². The van der Waals surface area contributed by atoms with Crippen LogP contribution in [0, 0.1) is 5.41 Å². The van der Waals surface area contributed by atoms with Crippen LogP contribution < -0.4 is 10.5 Å². The predicted octanol–water partition coefficient (Wildman–Crippen LogP) is 1.15. The van der Waals surface area contributed by atoms with E-state index in [2.05, 4.69) is 19.7 Å². The van der Waals surface area contributed by atoms with Crippen LogP contribution in [0.3, 0.4) is 0 Å². The molecule has 8 nitrogen and oxygen atoms in total. The smallest absolute Gasteiger partial charge is 0.245 e. The van der Waals surface area contributed by atoms with Gasteiger partial charge in [0.15, 0.2) is 5.78 Å². The van der Waals surface area contributed by atoms with E-state index >= 15 is 0 Å². The van der Waals surface area contributed by atoms with Crippen molar-refractivity contribution in [1.29, 1.82) is 0 Å². The topological polar surface area (TPSA) is 147 Å². The molecule has 8 heteroatoms. The van der Waals surface area contributed by atoms with Gasteiger partial charge in [0.1, 0.15) is 17.3 Å². The van der Waals surface area contributed by atoms with E-state index < -0.39 is 47.7 Å². The normalized spacial score (nSPS) is 12.6. The van der Waals surface area contributed by atoms with Crippen molar-refractivity contribution in [2.24, 2.45) is 5.41 Å². The maximum atomic E-state index is 13.5. The lowest BCUT2D eigenvalue weighted by molar-refractivity contribution is -0.186. The molecular formula is C23H29NO7. The highest BCUT2D eigenvalue weighted by atomic mass is 16.5. The van der Waals surface area contributed by atoms with Crippen molar-refractivity contribution in [2.75, 3.05) is 18.9 Å². The molecule has 1 aromatic carbocycles. The maximum Gasteiger partial charge on any atom is 0.245 e. The Morgan fingerprint density at radius 3 is 1.68 bits per heavy atom. The number of aliphatic hydroxyl groups excluding tert-OH is 3. The molecule has 0 spiro atoms. The Morgan fingerprint density at radius 2 is 1.35 bits per heavy atom. The molecule has 0 saturated heterocycles. The van der Waals surface area contributed by atoms with Crippen LogP contribution in [-0.2, 0) is 14.4 Å². The zero-order chi connectivity index (χ0) is 24.1. The van der Waals surface area contributed by atoms with Gasteiger partial charge in [0.2, 0.25) is 17.2 Å². The summed E-state index contributed by atoms with van der Waals surface area (Å²) in [6, 6.07) is 5.58. The molecule has 0 fully saturated rings. The number of aliphatic hydroxyl groups is 3. The van der Waals surface area contributed by atoms with E-state index in [0.29, 0.717) is 5.69 Å². The van der Waals surface area contributed by atoms with Crippen molar-refractivity contribution in [3.63, 3.8) is 0 Å². The monoisotopic (exact) mass is 431 g/mol. The summed E-state index contributed by atoms with van der Waals surface area (Å²) in [7, 11) is 0. The molecule has 1 rings (SSSR count). The van der Waals surface area contributed by atoms with Crippen molar-refractivity contribution in [1.82, 2.24) is 0 Å². The van der Waals surface area contributed by atoms with Gasteiger partial charge >= 0.3 is 0 Å². The zero-order valence-corrected chi connectivity index (χ0v) is 18.0. The summed E-state index contributed by atoms with van der Waals surface area (Å²) in [5.41, 5.74) is 0.296. The highest BCUT2D eigenvalue weighted by Gasteiger charge is 2.67. The number of ketones is 3. The molecular weight excluding hydrogens is 402 g/mol. The first-order valence-corrected chi connectivity index (χ1v) is 9.37. The minimum absolute atomic E-state index is 0.0420. The number of carbonyl (C=O) groups is 3.